The van der Waals surface area contributed by atoms with E-state index >= 15 is 0 Å². The van der Waals surface area contributed by atoms with Gasteiger partial charge in [0.15, 0.2) is 4.80 Å². The molecule has 0 radical (unpaired) electrons. The summed E-state index contributed by atoms with van der Waals surface area (Å²) in [6.07, 6.45) is 0.887. The third-order valence-electron chi connectivity index (χ3n) is 3.77. The fraction of sp³-hybridized carbons (Fsp3) is 0.158. The van der Waals surface area contributed by atoms with Crippen LogP contribution in [-0.2, 0) is 13.5 Å². The van der Waals surface area contributed by atoms with E-state index in [-0.39, 0.29) is 5.91 Å². The van der Waals surface area contributed by atoms with E-state index in [1.54, 1.807) is 35.6 Å². The third-order valence-corrected chi connectivity index (χ3v) is 5.38. The number of aromatic nitrogens is 1. The van der Waals surface area contributed by atoms with Crippen molar-refractivity contribution in [2.45, 2.75) is 13.3 Å². The Morgan fingerprint density at radius 2 is 1.79 bits per heavy atom. The zero-order valence-electron chi connectivity index (χ0n) is 13.5. The molecule has 0 aliphatic heterocycles. The van der Waals surface area contributed by atoms with Gasteiger partial charge in [-0.25, -0.2) is 0 Å². The van der Waals surface area contributed by atoms with Gasteiger partial charge in [-0.15, -0.1) is 11.3 Å². The first-order chi connectivity index (χ1) is 11.6. The molecule has 0 N–H and O–H groups in total. The minimum atomic E-state index is -0.320. The van der Waals surface area contributed by atoms with Crippen LogP contribution in [0.1, 0.15) is 22.2 Å². The fourth-order valence-electron chi connectivity index (χ4n) is 2.58. The minimum absolute atomic E-state index is 0.320. The van der Waals surface area contributed by atoms with Crippen LogP contribution >= 0.6 is 22.9 Å². The molecule has 24 heavy (non-hydrogen) atoms. The van der Waals surface area contributed by atoms with Crippen LogP contribution in [0.3, 0.4) is 0 Å². The Kier molecular flexibility index (Phi) is 4.97. The van der Waals surface area contributed by atoms with E-state index < -0.39 is 0 Å². The Bertz CT molecular complexity index is 942. The Hall–Kier alpha value is -2.17. The summed E-state index contributed by atoms with van der Waals surface area (Å²) in [5.74, 6) is -0.320. The highest BCUT2D eigenvalue weighted by Gasteiger charge is 2.14. The zero-order valence-corrected chi connectivity index (χ0v) is 15.1. The topological polar surface area (TPSA) is 34.4 Å². The molecule has 0 aliphatic carbocycles. The molecule has 0 fully saturated rings. The molecule has 2 aromatic carbocycles. The predicted octanol–water partition coefficient (Wildman–Crippen LogP) is 4.71. The smallest absolute Gasteiger partial charge is 0.281 e. The Morgan fingerprint density at radius 3 is 2.46 bits per heavy atom. The van der Waals surface area contributed by atoms with Gasteiger partial charge in [-0.1, -0.05) is 61.0 Å². The van der Waals surface area contributed by atoms with Gasteiger partial charge in [-0.05, 0) is 24.1 Å². The number of hydrogen-bond acceptors (Lipinski definition) is 2. The number of halogens is 1. The fourth-order valence-corrected chi connectivity index (χ4v) is 3.87. The van der Waals surface area contributed by atoms with Crippen LogP contribution in [0.4, 0.5) is 0 Å². The average molecular weight is 357 g/mol. The van der Waals surface area contributed by atoms with Gasteiger partial charge in [0.1, 0.15) is 0 Å². The van der Waals surface area contributed by atoms with Crippen molar-refractivity contribution in [3.8, 4) is 11.3 Å². The van der Waals surface area contributed by atoms with E-state index in [0.717, 1.165) is 17.7 Å². The van der Waals surface area contributed by atoms with E-state index in [1.165, 1.54) is 4.88 Å². The highest BCUT2D eigenvalue weighted by molar-refractivity contribution is 7.09. The van der Waals surface area contributed by atoms with E-state index in [9.17, 15) is 4.79 Å². The first-order valence-electron chi connectivity index (χ1n) is 7.69. The first kappa shape index (κ1) is 16.7. The highest BCUT2D eigenvalue weighted by Crippen LogP contribution is 2.25. The number of thiazole rings is 1. The lowest BCUT2D eigenvalue weighted by Gasteiger charge is -2.05. The van der Waals surface area contributed by atoms with Gasteiger partial charge >= 0.3 is 0 Å². The molecule has 0 saturated carbocycles. The molecule has 1 heterocycles. The van der Waals surface area contributed by atoms with Crippen LogP contribution in [0.15, 0.2) is 59.6 Å². The summed E-state index contributed by atoms with van der Waals surface area (Å²) in [4.78, 5) is 18.7. The second kappa shape index (κ2) is 7.16. The van der Waals surface area contributed by atoms with Crippen molar-refractivity contribution in [1.29, 1.82) is 0 Å². The van der Waals surface area contributed by atoms with Crippen molar-refractivity contribution in [2.24, 2.45) is 12.0 Å². The summed E-state index contributed by atoms with van der Waals surface area (Å²) in [6.45, 7) is 2.11. The van der Waals surface area contributed by atoms with Gasteiger partial charge in [0.25, 0.3) is 5.91 Å². The number of carbonyl (C=O) groups excluding carboxylic acids is 1. The molecule has 0 unspecified atom stereocenters. The number of carbonyl (C=O) groups is 1. The Balaban J connectivity index is 2.11. The average Bonchev–Trinajstić information content (AvgIpc) is 2.91. The maximum Gasteiger partial charge on any atom is 0.281 e. The van der Waals surface area contributed by atoms with Crippen molar-refractivity contribution in [2.75, 3.05) is 0 Å². The predicted molar refractivity (Wildman–Crippen MR) is 99.4 cm³/mol. The van der Waals surface area contributed by atoms with E-state index in [4.69, 9.17) is 11.6 Å². The maximum absolute atomic E-state index is 12.5. The Morgan fingerprint density at radius 1 is 1.12 bits per heavy atom. The second-order valence-electron chi connectivity index (χ2n) is 5.33. The van der Waals surface area contributed by atoms with E-state index in [2.05, 4.69) is 24.0 Å². The number of aryl methyl sites for hydroxylation is 1. The quantitative estimate of drug-likeness (QED) is 0.669. The molecule has 1 aromatic heterocycles. The lowest BCUT2D eigenvalue weighted by atomic mass is 10.1. The van der Waals surface area contributed by atoms with Crippen molar-refractivity contribution in [3.05, 3.63) is 74.9 Å². The van der Waals surface area contributed by atoms with Gasteiger partial charge in [0.05, 0.1) is 16.3 Å². The third kappa shape index (κ3) is 3.21. The second-order valence-corrected chi connectivity index (χ2v) is 6.80. The molecule has 122 valence electrons. The zero-order chi connectivity index (χ0) is 17.1. The number of benzene rings is 2. The van der Waals surface area contributed by atoms with Crippen molar-refractivity contribution < 1.29 is 4.79 Å². The van der Waals surface area contributed by atoms with Crippen LogP contribution in [0.5, 0.6) is 0 Å². The van der Waals surface area contributed by atoms with Crippen LogP contribution in [0, 0.1) is 0 Å². The summed E-state index contributed by atoms with van der Waals surface area (Å²) in [7, 11) is 1.94. The molecule has 3 aromatic rings. The molecule has 3 nitrogen and oxygen atoms in total. The highest BCUT2D eigenvalue weighted by atomic mass is 35.5. The van der Waals surface area contributed by atoms with Gasteiger partial charge in [0, 0.05) is 11.9 Å². The maximum atomic E-state index is 12.5. The summed E-state index contributed by atoms with van der Waals surface area (Å²) >= 11 is 7.64. The molecular formula is C19H17ClN2OS. The monoisotopic (exact) mass is 356 g/mol. The summed E-state index contributed by atoms with van der Waals surface area (Å²) in [5.41, 5.74) is 2.65. The molecule has 3 rings (SSSR count). The van der Waals surface area contributed by atoms with Gasteiger partial charge in [-0.2, -0.15) is 4.99 Å². The molecule has 0 bridgehead atoms. The van der Waals surface area contributed by atoms with Crippen LogP contribution < -0.4 is 4.80 Å². The lowest BCUT2D eigenvalue weighted by Crippen LogP contribution is -2.14. The van der Waals surface area contributed by atoms with Crippen LogP contribution in [-0.4, -0.2) is 10.5 Å². The standard InChI is InChI=1S/C19H17ClN2OS/c1-3-16-17(13-9-5-4-6-10-13)22(2)19(24-16)21-18(23)14-11-7-8-12-15(14)20/h4-12H,3H2,1-2H3. The van der Waals surface area contributed by atoms with Crippen molar-refractivity contribution in [1.82, 2.24) is 4.57 Å². The number of hydrogen-bond donors (Lipinski definition) is 0. The van der Waals surface area contributed by atoms with Crippen LogP contribution in [0.25, 0.3) is 11.3 Å². The van der Waals surface area contributed by atoms with E-state index in [1.807, 2.05) is 29.8 Å². The lowest BCUT2D eigenvalue weighted by molar-refractivity contribution is 0.0998. The Labute approximate surface area is 149 Å². The van der Waals surface area contributed by atoms with Gasteiger partial charge in [0.2, 0.25) is 0 Å². The number of nitrogens with zero attached hydrogens (tertiary/aromatic N) is 2. The minimum Gasteiger partial charge on any atom is -0.319 e. The number of amides is 1. The molecule has 0 spiro atoms. The molecule has 0 atom stereocenters. The summed E-state index contributed by atoms with van der Waals surface area (Å²) in [5, 5.41) is 0.421. The molecule has 0 aliphatic rings. The normalized spacial score (nSPS) is 11.7. The van der Waals surface area contributed by atoms with Crippen molar-refractivity contribution >= 4 is 28.8 Å². The first-order valence-corrected chi connectivity index (χ1v) is 8.89. The molecule has 1 amide bonds. The number of rotatable bonds is 3. The van der Waals surface area contributed by atoms with Gasteiger partial charge in [-0.3, -0.25) is 4.79 Å². The molecular weight excluding hydrogens is 340 g/mol. The summed E-state index contributed by atoms with van der Waals surface area (Å²) < 4.78 is 1.98. The molecule has 0 saturated heterocycles. The molecule has 5 heteroatoms. The van der Waals surface area contributed by atoms with Gasteiger partial charge < -0.3 is 4.57 Å². The van der Waals surface area contributed by atoms with Crippen LogP contribution in [0.2, 0.25) is 5.02 Å². The van der Waals surface area contributed by atoms with E-state index in [0.29, 0.717) is 15.4 Å². The van der Waals surface area contributed by atoms with Crippen molar-refractivity contribution in [3.63, 3.8) is 0 Å². The SMILES string of the molecule is CCc1sc(=NC(=O)c2ccccc2Cl)n(C)c1-c1ccccc1. The largest absolute Gasteiger partial charge is 0.319 e. The summed E-state index contributed by atoms with van der Waals surface area (Å²) in [6, 6.07) is 17.1.